The number of nitrogens with zero attached hydrogens (tertiary/aromatic N) is 3. The summed E-state index contributed by atoms with van der Waals surface area (Å²) in [6, 6.07) is 11.5. The van der Waals surface area contributed by atoms with Crippen LogP contribution in [0.5, 0.6) is 0 Å². The Labute approximate surface area is 135 Å². The van der Waals surface area contributed by atoms with Crippen molar-refractivity contribution in [3.8, 4) is 0 Å². The number of rotatable bonds is 5. The molecule has 23 heavy (non-hydrogen) atoms. The minimum absolute atomic E-state index is 0.0642. The smallest absolute Gasteiger partial charge is 0.240 e. The van der Waals surface area contributed by atoms with Gasteiger partial charge in [-0.2, -0.15) is 0 Å². The standard InChI is InChI=1S/C17H21N5O/c1-22(11-8-13-6-2-4-9-18-13)17(23)16-12-15(20-21-16)14-7-3-5-10-19-14/h2-7,9-10,15-16,20-21H,8,11-12H2,1H3. The lowest BCUT2D eigenvalue weighted by Crippen LogP contribution is -2.44. The van der Waals surface area contributed by atoms with Crippen LogP contribution in [0.15, 0.2) is 48.8 Å². The molecule has 1 amide bonds. The van der Waals surface area contributed by atoms with Crippen LogP contribution < -0.4 is 10.9 Å². The molecule has 3 heterocycles. The van der Waals surface area contributed by atoms with E-state index < -0.39 is 0 Å². The maximum atomic E-state index is 12.5. The fraction of sp³-hybridized carbons (Fsp3) is 0.353. The Hall–Kier alpha value is -2.31. The van der Waals surface area contributed by atoms with E-state index in [-0.39, 0.29) is 18.0 Å². The molecule has 0 aromatic carbocycles. The lowest BCUT2D eigenvalue weighted by Gasteiger charge is -2.20. The molecule has 2 aromatic heterocycles. The second kappa shape index (κ2) is 7.30. The van der Waals surface area contributed by atoms with Crippen molar-refractivity contribution in [1.82, 2.24) is 25.7 Å². The van der Waals surface area contributed by atoms with Crippen LogP contribution >= 0.6 is 0 Å². The van der Waals surface area contributed by atoms with Crippen LogP contribution in [0.2, 0.25) is 0 Å². The molecule has 6 nitrogen and oxygen atoms in total. The normalized spacial score (nSPS) is 20.4. The maximum absolute atomic E-state index is 12.5. The molecule has 1 fully saturated rings. The van der Waals surface area contributed by atoms with Crippen LogP contribution in [0, 0.1) is 0 Å². The topological polar surface area (TPSA) is 70.2 Å². The molecular formula is C17H21N5O. The van der Waals surface area contributed by atoms with Crippen LogP contribution in [-0.4, -0.2) is 40.4 Å². The van der Waals surface area contributed by atoms with Crippen molar-refractivity contribution in [2.45, 2.75) is 24.9 Å². The van der Waals surface area contributed by atoms with Crippen molar-refractivity contribution < 1.29 is 4.79 Å². The van der Waals surface area contributed by atoms with Gasteiger partial charge in [-0.05, 0) is 30.7 Å². The number of carbonyl (C=O) groups is 1. The number of pyridine rings is 2. The summed E-state index contributed by atoms with van der Waals surface area (Å²) in [5.41, 5.74) is 8.19. The Morgan fingerprint density at radius 2 is 1.96 bits per heavy atom. The molecule has 1 saturated heterocycles. The molecule has 1 aliphatic rings. The molecule has 2 aromatic rings. The molecule has 1 aliphatic heterocycles. The molecule has 0 radical (unpaired) electrons. The zero-order chi connectivity index (χ0) is 16.1. The number of hydrazine groups is 1. The summed E-state index contributed by atoms with van der Waals surface area (Å²) in [6.45, 7) is 0.655. The highest BCUT2D eigenvalue weighted by molar-refractivity contribution is 5.82. The van der Waals surface area contributed by atoms with Gasteiger partial charge in [0.15, 0.2) is 0 Å². The summed E-state index contributed by atoms with van der Waals surface area (Å²) in [6.07, 6.45) is 5.00. The Kier molecular flexibility index (Phi) is 4.95. The maximum Gasteiger partial charge on any atom is 0.240 e. The van der Waals surface area contributed by atoms with Crippen LogP contribution in [0.1, 0.15) is 23.9 Å². The van der Waals surface area contributed by atoms with Gasteiger partial charge in [-0.15, -0.1) is 0 Å². The minimum atomic E-state index is -0.226. The quantitative estimate of drug-likeness (QED) is 0.865. The third-order valence-electron chi connectivity index (χ3n) is 4.05. The number of amides is 1. The van der Waals surface area contributed by atoms with E-state index in [0.29, 0.717) is 13.0 Å². The van der Waals surface area contributed by atoms with E-state index in [1.165, 1.54) is 0 Å². The average Bonchev–Trinajstić information content (AvgIpc) is 3.11. The van der Waals surface area contributed by atoms with E-state index in [2.05, 4.69) is 20.8 Å². The van der Waals surface area contributed by atoms with Gasteiger partial charge in [-0.3, -0.25) is 14.8 Å². The highest BCUT2D eigenvalue weighted by Crippen LogP contribution is 2.20. The minimum Gasteiger partial charge on any atom is -0.344 e. The average molecular weight is 311 g/mol. The number of aromatic nitrogens is 2. The number of likely N-dealkylation sites (N-methyl/N-ethyl adjacent to an activating group) is 1. The Morgan fingerprint density at radius 1 is 1.17 bits per heavy atom. The van der Waals surface area contributed by atoms with E-state index in [4.69, 9.17) is 0 Å². The van der Waals surface area contributed by atoms with Crippen molar-refractivity contribution >= 4 is 5.91 Å². The van der Waals surface area contributed by atoms with E-state index in [1.807, 2.05) is 43.4 Å². The SMILES string of the molecule is CN(CCc1ccccn1)C(=O)C1CC(c2ccccn2)NN1. The fourth-order valence-electron chi connectivity index (χ4n) is 2.70. The molecular weight excluding hydrogens is 290 g/mol. The lowest BCUT2D eigenvalue weighted by atomic mass is 10.1. The summed E-state index contributed by atoms with van der Waals surface area (Å²) in [5.74, 6) is 0.0897. The first-order valence-electron chi connectivity index (χ1n) is 7.81. The molecule has 0 spiro atoms. The third-order valence-corrected chi connectivity index (χ3v) is 4.05. The van der Waals surface area contributed by atoms with Gasteiger partial charge in [-0.1, -0.05) is 12.1 Å². The van der Waals surface area contributed by atoms with Gasteiger partial charge in [0.05, 0.1) is 11.7 Å². The zero-order valence-electron chi connectivity index (χ0n) is 13.1. The summed E-state index contributed by atoms with van der Waals surface area (Å²) in [7, 11) is 1.83. The molecule has 120 valence electrons. The molecule has 2 atom stereocenters. The van der Waals surface area contributed by atoms with Gasteiger partial charge in [0.1, 0.15) is 6.04 Å². The molecule has 0 bridgehead atoms. The van der Waals surface area contributed by atoms with Crippen LogP contribution in [0.25, 0.3) is 0 Å². The van der Waals surface area contributed by atoms with E-state index in [1.54, 1.807) is 17.3 Å². The van der Waals surface area contributed by atoms with Gasteiger partial charge < -0.3 is 4.90 Å². The van der Waals surface area contributed by atoms with Gasteiger partial charge in [-0.25, -0.2) is 10.9 Å². The fourth-order valence-corrected chi connectivity index (χ4v) is 2.70. The zero-order valence-corrected chi connectivity index (χ0v) is 13.1. The third kappa shape index (κ3) is 3.91. The molecule has 2 N–H and O–H groups in total. The largest absolute Gasteiger partial charge is 0.344 e. The first-order chi connectivity index (χ1) is 11.2. The second-order valence-corrected chi connectivity index (χ2v) is 5.72. The molecule has 2 unspecified atom stereocenters. The van der Waals surface area contributed by atoms with Crippen molar-refractivity contribution in [2.24, 2.45) is 0 Å². The van der Waals surface area contributed by atoms with Crippen LogP contribution in [-0.2, 0) is 11.2 Å². The summed E-state index contributed by atoms with van der Waals surface area (Å²) in [5, 5.41) is 0. The summed E-state index contributed by atoms with van der Waals surface area (Å²) in [4.78, 5) is 22.9. The molecule has 6 heteroatoms. The van der Waals surface area contributed by atoms with Gasteiger partial charge in [0.2, 0.25) is 5.91 Å². The van der Waals surface area contributed by atoms with E-state index in [0.717, 1.165) is 17.8 Å². The highest BCUT2D eigenvalue weighted by atomic mass is 16.2. The number of hydrogen-bond acceptors (Lipinski definition) is 5. The Balaban J connectivity index is 1.52. The van der Waals surface area contributed by atoms with Crippen LogP contribution in [0.4, 0.5) is 0 Å². The predicted octanol–water partition coefficient (Wildman–Crippen LogP) is 1.09. The number of carbonyl (C=O) groups excluding carboxylic acids is 1. The highest BCUT2D eigenvalue weighted by Gasteiger charge is 2.32. The second-order valence-electron chi connectivity index (χ2n) is 5.72. The molecule has 0 aliphatic carbocycles. The van der Waals surface area contributed by atoms with Gasteiger partial charge in [0, 0.05) is 38.1 Å². The van der Waals surface area contributed by atoms with Crippen molar-refractivity contribution in [1.29, 1.82) is 0 Å². The number of nitrogens with one attached hydrogen (secondary N) is 2. The van der Waals surface area contributed by atoms with Crippen molar-refractivity contribution in [3.05, 3.63) is 60.2 Å². The molecule has 0 saturated carbocycles. The van der Waals surface area contributed by atoms with E-state index >= 15 is 0 Å². The lowest BCUT2D eigenvalue weighted by molar-refractivity contribution is -0.131. The van der Waals surface area contributed by atoms with Crippen molar-refractivity contribution in [3.63, 3.8) is 0 Å². The van der Waals surface area contributed by atoms with Gasteiger partial charge >= 0.3 is 0 Å². The summed E-state index contributed by atoms with van der Waals surface area (Å²) >= 11 is 0. The number of hydrogen-bond donors (Lipinski definition) is 2. The Morgan fingerprint density at radius 3 is 2.65 bits per heavy atom. The first-order valence-corrected chi connectivity index (χ1v) is 7.81. The Bertz CT molecular complexity index is 634. The molecule has 3 rings (SSSR count). The van der Waals surface area contributed by atoms with Gasteiger partial charge in [0.25, 0.3) is 0 Å². The van der Waals surface area contributed by atoms with E-state index in [9.17, 15) is 4.79 Å². The monoisotopic (exact) mass is 311 g/mol. The first kappa shape index (κ1) is 15.6. The predicted molar refractivity (Wildman–Crippen MR) is 87.2 cm³/mol. The van der Waals surface area contributed by atoms with Crippen molar-refractivity contribution in [2.75, 3.05) is 13.6 Å². The van der Waals surface area contributed by atoms with Crippen LogP contribution in [0.3, 0.4) is 0 Å². The summed E-state index contributed by atoms with van der Waals surface area (Å²) < 4.78 is 0.